The van der Waals surface area contributed by atoms with Gasteiger partial charge in [0.15, 0.2) is 4.80 Å². The summed E-state index contributed by atoms with van der Waals surface area (Å²) >= 11 is 1.15. The van der Waals surface area contributed by atoms with Crippen molar-refractivity contribution in [3.63, 3.8) is 0 Å². The molecule has 30 heavy (non-hydrogen) atoms. The molecule has 9 nitrogen and oxygen atoms in total. The molecule has 0 saturated heterocycles. The number of fused-ring (bicyclic) bond motifs is 2. The largest absolute Gasteiger partial charge is 0.316 e. The van der Waals surface area contributed by atoms with Gasteiger partial charge in [-0.2, -0.15) is 4.99 Å². The summed E-state index contributed by atoms with van der Waals surface area (Å²) in [6.07, 6.45) is 0.766. The standard InChI is InChI=1S/C20H16N4O5S/c1-2-9-22-15-8-7-12(24(28)29)10-16(15)30-20(22)21-17(25)11-23-18(26)13-5-3-4-6-14(13)19(23)27/h3-8,10H,2,9,11H2,1H3. The van der Waals surface area contributed by atoms with Crippen LogP contribution >= 0.6 is 11.3 Å². The minimum Gasteiger partial charge on any atom is -0.316 e. The molecule has 4 rings (SSSR count). The number of carbonyl (C=O) groups is 3. The van der Waals surface area contributed by atoms with Crippen LogP contribution in [0, 0.1) is 10.1 Å². The molecule has 0 unspecified atom stereocenters. The Morgan fingerprint density at radius 2 is 1.80 bits per heavy atom. The molecule has 0 aliphatic carbocycles. The van der Waals surface area contributed by atoms with Crippen LogP contribution in [0.5, 0.6) is 0 Å². The van der Waals surface area contributed by atoms with E-state index < -0.39 is 29.2 Å². The van der Waals surface area contributed by atoms with Crippen molar-refractivity contribution in [1.29, 1.82) is 0 Å². The second kappa shape index (κ2) is 7.64. The first-order valence-electron chi connectivity index (χ1n) is 9.21. The van der Waals surface area contributed by atoms with E-state index in [1.165, 1.54) is 12.1 Å². The fourth-order valence-corrected chi connectivity index (χ4v) is 4.47. The summed E-state index contributed by atoms with van der Waals surface area (Å²) in [4.78, 5) is 53.4. The molecule has 152 valence electrons. The summed E-state index contributed by atoms with van der Waals surface area (Å²) in [5, 5.41) is 11.0. The number of hydrogen-bond donors (Lipinski definition) is 0. The molecule has 2 heterocycles. The van der Waals surface area contributed by atoms with Gasteiger partial charge < -0.3 is 4.57 Å². The van der Waals surface area contributed by atoms with Crippen molar-refractivity contribution in [2.45, 2.75) is 19.9 Å². The van der Waals surface area contributed by atoms with Crippen molar-refractivity contribution in [2.75, 3.05) is 6.54 Å². The molecule has 2 aromatic carbocycles. The Kier molecular flexibility index (Phi) is 5.00. The van der Waals surface area contributed by atoms with Crippen molar-refractivity contribution >= 4 is 45.0 Å². The highest BCUT2D eigenvalue weighted by atomic mass is 32.1. The van der Waals surface area contributed by atoms with Crippen LogP contribution in [0.3, 0.4) is 0 Å². The molecule has 0 spiro atoms. The van der Waals surface area contributed by atoms with Crippen LogP contribution in [-0.2, 0) is 11.3 Å². The molecular weight excluding hydrogens is 408 g/mol. The Balaban J connectivity index is 1.68. The van der Waals surface area contributed by atoms with Gasteiger partial charge >= 0.3 is 0 Å². The molecule has 3 aromatic rings. The first-order valence-corrected chi connectivity index (χ1v) is 10.0. The van der Waals surface area contributed by atoms with Crippen LogP contribution in [0.4, 0.5) is 5.69 Å². The predicted octanol–water partition coefficient (Wildman–Crippen LogP) is 2.74. The smallest absolute Gasteiger partial charge is 0.270 e. The first-order chi connectivity index (χ1) is 14.4. The van der Waals surface area contributed by atoms with Crippen LogP contribution in [-0.4, -0.2) is 38.7 Å². The topological polar surface area (TPSA) is 115 Å². The predicted molar refractivity (Wildman–Crippen MR) is 109 cm³/mol. The lowest BCUT2D eigenvalue weighted by molar-refractivity contribution is -0.384. The lowest BCUT2D eigenvalue weighted by Gasteiger charge is -2.10. The zero-order chi connectivity index (χ0) is 21.4. The number of thiazole rings is 1. The molecule has 0 saturated carbocycles. The zero-order valence-electron chi connectivity index (χ0n) is 15.9. The van der Waals surface area contributed by atoms with Gasteiger partial charge in [0.05, 0.1) is 26.3 Å². The van der Waals surface area contributed by atoms with Gasteiger partial charge in [0.25, 0.3) is 23.4 Å². The van der Waals surface area contributed by atoms with Gasteiger partial charge in [0.2, 0.25) is 0 Å². The monoisotopic (exact) mass is 424 g/mol. The van der Waals surface area contributed by atoms with E-state index in [4.69, 9.17) is 0 Å². The highest BCUT2D eigenvalue weighted by Gasteiger charge is 2.36. The summed E-state index contributed by atoms with van der Waals surface area (Å²) in [6.45, 7) is 2.07. The maximum Gasteiger partial charge on any atom is 0.270 e. The summed E-state index contributed by atoms with van der Waals surface area (Å²) in [7, 11) is 0. The van der Waals surface area contributed by atoms with Gasteiger partial charge in [-0.1, -0.05) is 30.4 Å². The molecule has 1 aliphatic rings. The average Bonchev–Trinajstić information content (AvgIpc) is 3.18. The molecule has 0 atom stereocenters. The van der Waals surface area contributed by atoms with Gasteiger partial charge in [-0.25, -0.2) is 0 Å². The van der Waals surface area contributed by atoms with E-state index >= 15 is 0 Å². The number of nitrogens with zero attached hydrogens (tertiary/aromatic N) is 4. The molecular formula is C20H16N4O5S. The summed E-state index contributed by atoms with van der Waals surface area (Å²) in [5.41, 5.74) is 1.23. The van der Waals surface area contributed by atoms with Gasteiger partial charge in [0.1, 0.15) is 6.54 Å². The molecule has 0 N–H and O–H groups in total. The van der Waals surface area contributed by atoms with Gasteiger partial charge in [-0.15, -0.1) is 0 Å². The number of aryl methyl sites for hydroxylation is 1. The third-order valence-electron chi connectivity index (χ3n) is 4.72. The normalized spacial score (nSPS) is 13.9. The van der Waals surface area contributed by atoms with E-state index in [1.807, 2.05) is 11.5 Å². The van der Waals surface area contributed by atoms with E-state index in [2.05, 4.69) is 4.99 Å². The fourth-order valence-electron chi connectivity index (χ4n) is 3.36. The Bertz CT molecular complexity index is 1250. The van der Waals surface area contributed by atoms with Gasteiger partial charge in [0, 0.05) is 18.7 Å². The second-order valence-electron chi connectivity index (χ2n) is 6.69. The van der Waals surface area contributed by atoms with Gasteiger partial charge in [-0.05, 0) is 24.6 Å². The number of imide groups is 1. The van der Waals surface area contributed by atoms with Crippen molar-refractivity contribution < 1.29 is 19.3 Å². The SMILES string of the molecule is CCCn1c(=NC(=O)CN2C(=O)c3ccccc3C2=O)sc2cc([N+](=O)[O-])ccc21. The van der Waals surface area contributed by atoms with Crippen molar-refractivity contribution in [1.82, 2.24) is 9.47 Å². The van der Waals surface area contributed by atoms with Crippen molar-refractivity contribution in [3.8, 4) is 0 Å². The Morgan fingerprint density at radius 3 is 2.40 bits per heavy atom. The summed E-state index contributed by atoms with van der Waals surface area (Å²) in [5.74, 6) is -1.68. The molecule has 1 aromatic heterocycles. The molecule has 0 radical (unpaired) electrons. The lowest BCUT2D eigenvalue weighted by Crippen LogP contribution is -2.35. The number of rotatable bonds is 5. The maximum atomic E-state index is 12.6. The van der Waals surface area contributed by atoms with E-state index in [9.17, 15) is 24.5 Å². The Labute approximate surface area is 174 Å². The van der Waals surface area contributed by atoms with E-state index in [0.29, 0.717) is 16.0 Å². The maximum absolute atomic E-state index is 12.6. The van der Waals surface area contributed by atoms with Gasteiger partial charge in [-0.3, -0.25) is 29.4 Å². The van der Waals surface area contributed by atoms with E-state index in [-0.39, 0.29) is 16.8 Å². The molecule has 3 amide bonds. The second-order valence-corrected chi connectivity index (χ2v) is 7.70. The van der Waals surface area contributed by atoms with Crippen LogP contribution in [0.15, 0.2) is 47.5 Å². The Morgan fingerprint density at radius 1 is 1.13 bits per heavy atom. The van der Waals surface area contributed by atoms with Crippen molar-refractivity contribution in [3.05, 3.63) is 68.5 Å². The highest BCUT2D eigenvalue weighted by molar-refractivity contribution is 7.16. The minimum atomic E-state index is -0.643. The highest BCUT2D eigenvalue weighted by Crippen LogP contribution is 2.24. The lowest BCUT2D eigenvalue weighted by atomic mass is 10.1. The quantitative estimate of drug-likeness (QED) is 0.355. The van der Waals surface area contributed by atoms with E-state index in [1.54, 1.807) is 30.3 Å². The zero-order valence-corrected chi connectivity index (χ0v) is 16.7. The fraction of sp³-hybridized carbons (Fsp3) is 0.200. The van der Waals surface area contributed by atoms with Crippen LogP contribution < -0.4 is 4.80 Å². The minimum absolute atomic E-state index is 0.0451. The number of carbonyl (C=O) groups excluding carboxylic acids is 3. The molecule has 10 heteroatoms. The average molecular weight is 424 g/mol. The number of non-ortho nitro benzene ring substituents is 1. The van der Waals surface area contributed by atoms with Crippen LogP contribution in [0.2, 0.25) is 0 Å². The van der Waals surface area contributed by atoms with Crippen LogP contribution in [0.1, 0.15) is 34.1 Å². The number of amides is 3. The number of nitro benzene ring substituents is 1. The third kappa shape index (κ3) is 3.30. The number of aromatic nitrogens is 1. The summed E-state index contributed by atoms with van der Waals surface area (Å²) < 4.78 is 2.44. The molecule has 0 bridgehead atoms. The summed E-state index contributed by atoms with van der Waals surface area (Å²) in [6, 6.07) is 10.9. The van der Waals surface area contributed by atoms with Crippen molar-refractivity contribution in [2.24, 2.45) is 4.99 Å². The van der Waals surface area contributed by atoms with E-state index in [0.717, 1.165) is 28.2 Å². The Hall–Kier alpha value is -3.66. The first kappa shape index (κ1) is 19.6. The number of hydrogen-bond acceptors (Lipinski definition) is 6. The number of benzene rings is 2. The third-order valence-corrected chi connectivity index (χ3v) is 5.76. The molecule has 0 fully saturated rings. The molecule has 1 aliphatic heterocycles. The number of nitro groups is 1. The van der Waals surface area contributed by atoms with Crippen LogP contribution in [0.25, 0.3) is 10.2 Å².